The van der Waals surface area contributed by atoms with E-state index in [2.05, 4.69) is 25.9 Å². The first-order valence-electron chi connectivity index (χ1n) is 6.00. The standard InChI is InChI=1S/C14H9BrClFN2O2/c15-8-5-12-11(18-14(21)19-12)4-7(8)13(20)6-1-2-10(17)9(16)3-6/h1-5,13,20H,(H2,18,19,21). The van der Waals surface area contributed by atoms with E-state index >= 15 is 0 Å². The van der Waals surface area contributed by atoms with Crippen molar-refractivity contribution in [3.63, 3.8) is 0 Å². The maximum absolute atomic E-state index is 13.2. The third kappa shape index (κ3) is 2.62. The van der Waals surface area contributed by atoms with Crippen LogP contribution < -0.4 is 5.69 Å². The largest absolute Gasteiger partial charge is 0.384 e. The summed E-state index contributed by atoms with van der Waals surface area (Å²) in [7, 11) is 0. The summed E-state index contributed by atoms with van der Waals surface area (Å²) in [5, 5.41) is 10.4. The van der Waals surface area contributed by atoms with Crippen molar-refractivity contribution in [1.29, 1.82) is 0 Å². The average Bonchev–Trinajstić information content (AvgIpc) is 2.79. The van der Waals surface area contributed by atoms with Crippen LogP contribution in [0.3, 0.4) is 0 Å². The van der Waals surface area contributed by atoms with Crippen LogP contribution in [0.2, 0.25) is 5.02 Å². The minimum atomic E-state index is -1.000. The number of aromatic amines is 2. The lowest BCUT2D eigenvalue weighted by Gasteiger charge is -2.14. The lowest BCUT2D eigenvalue weighted by molar-refractivity contribution is 0.219. The molecule has 0 saturated heterocycles. The highest BCUT2D eigenvalue weighted by Crippen LogP contribution is 2.32. The molecule has 0 aliphatic carbocycles. The summed E-state index contributed by atoms with van der Waals surface area (Å²) in [5.74, 6) is -0.544. The maximum atomic E-state index is 13.2. The molecule has 1 aromatic heterocycles. The van der Waals surface area contributed by atoms with Gasteiger partial charge in [0, 0.05) is 10.0 Å². The number of benzene rings is 2. The van der Waals surface area contributed by atoms with Gasteiger partial charge in [0.15, 0.2) is 0 Å². The molecule has 0 saturated carbocycles. The Kier molecular flexibility index (Phi) is 3.61. The number of imidazole rings is 1. The summed E-state index contributed by atoms with van der Waals surface area (Å²) in [6.45, 7) is 0. The summed E-state index contributed by atoms with van der Waals surface area (Å²) < 4.78 is 13.8. The monoisotopic (exact) mass is 370 g/mol. The van der Waals surface area contributed by atoms with Crippen LogP contribution in [0.5, 0.6) is 0 Å². The molecule has 0 aliphatic heterocycles. The van der Waals surface area contributed by atoms with Crippen LogP contribution in [0.15, 0.2) is 39.6 Å². The van der Waals surface area contributed by atoms with Gasteiger partial charge in [-0.25, -0.2) is 9.18 Å². The quantitative estimate of drug-likeness (QED) is 0.645. The minimum Gasteiger partial charge on any atom is -0.384 e. The lowest BCUT2D eigenvalue weighted by Crippen LogP contribution is -2.01. The molecule has 0 radical (unpaired) electrons. The van der Waals surface area contributed by atoms with Crippen molar-refractivity contribution in [2.45, 2.75) is 6.10 Å². The van der Waals surface area contributed by atoms with Crippen molar-refractivity contribution in [2.24, 2.45) is 0 Å². The second kappa shape index (κ2) is 5.29. The third-order valence-electron chi connectivity index (χ3n) is 3.19. The second-order valence-corrected chi connectivity index (χ2v) is 5.84. The van der Waals surface area contributed by atoms with E-state index in [1.807, 2.05) is 0 Å². The van der Waals surface area contributed by atoms with Gasteiger partial charge in [-0.3, -0.25) is 0 Å². The second-order valence-electron chi connectivity index (χ2n) is 4.57. The van der Waals surface area contributed by atoms with E-state index in [4.69, 9.17) is 11.6 Å². The number of nitrogens with one attached hydrogen (secondary N) is 2. The molecule has 1 heterocycles. The summed E-state index contributed by atoms with van der Waals surface area (Å²) in [6.07, 6.45) is -1.000. The fraction of sp³-hybridized carbons (Fsp3) is 0.0714. The van der Waals surface area contributed by atoms with Crippen LogP contribution in [-0.4, -0.2) is 15.1 Å². The number of hydrogen-bond acceptors (Lipinski definition) is 2. The molecule has 0 amide bonds. The predicted molar refractivity (Wildman–Crippen MR) is 82.1 cm³/mol. The van der Waals surface area contributed by atoms with Crippen LogP contribution in [-0.2, 0) is 0 Å². The molecular formula is C14H9BrClFN2O2. The smallest absolute Gasteiger partial charge is 0.323 e. The molecule has 3 rings (SSSR count). The molecular weight excluding hydrogens is 363 g/mol. The minimum absolute atomic E-state index is 0.0567. The molecule has 3 N–H and O–H groups in total. The van der Waals surface area contributed by atoms with Gasteiger partial charge in [0.1, 0.15) is 11.9 Å². The molecule has 0 aliphatic rings. The first-order valence-corrected chi connectivity index (χ1v) is 7.17. The van der Waals surface area contributed by atoms with E-state index in [-0.39, 0.29) is 10.7 Å². The Balaban J connectivity index is 2.11. The Bertz CT molecular complexity index is 890. The number of aliphatic hydroxyl groups is 1. The number of halogens is 3. The first-order chi connectivity index (χ1) is 9.95. The van der Waals surface area contributed by atoms with Crippen LogP contribution >= 0.6 is 27.5 Å². The molecule has 7 heteroatoms. The van der Waals surface area contributed by atoms with E-state index in [9.17, 15) is 14.3 Å². The van der Waals surface area contributed by atoms with Gasteiger partial charge in [0.2, 0.25) is 0 Å². The number of aromatic nitrogens is 2. The average molecular weight is 372 g/mol. The first kappa shape index (κ1) is 14.3. The lowest BCUT2D eigenvalue weighted by atomic mass is 10.0. The molecule has 21 heavy (non-hydrogen) atoms. The summed E-state index contributed by atoms with van der Waals surface area (Å²) in [6, 6.07) is 7.38. The molecule has 2 aromatic carbocycles. The van der Waals surface area contributed by atoms with E-state index in [0.29, 0.717) is 26.6 Å². The fourth-order valence-corrected chi connectivity index (χ4v) is 2.89. The van der Waals surface area contributed by atoms with Gasteiger partial charge in [-0.15, -0.1) is 0 Å². The topological polar surface area (TPSA) is 68.9 Å². The van der Waals surface area contributed by atoms with E-state index in [1.165, 1.54) is 18.2 Å². The summed E-state index contributed by atoms with van der Waals surface area (Å²) >= 11 is 9.09. The van der Waals surface area contributed by atoms with Gasteiger partial charge < -0.3 is 15.1 Å². The number of fused-ring (bicyclic) bond motifs is 1. The Labute approximate surface area is 131 Å². The van der Waals surface area contributed by atoms with Crippen LogP contribution in [0.4, 0.5) is 4.39 Å². The molecule has 108 valence electrons. The molecule has 0 fully saturated rings. The van der Waals surface area contributed by atoms with Crippen molar-refractivity contribution < 1.29 is 9.50 Å². The highest BCUT2D eigenvalue weighted by molar-refractivity contribution is 9.10. The van der Waals surface area contributed by atoms with Gasteiger partial charge in [0.25, 0.3) is 0 Å². The number of hydrogen-bond donors (Lipinski definition) is 3. The molecule has 4 nitrogen and oxygen atoms in total. The van der Waals surface area contributed by atoms with E-state index in [0.717, 1.165) is 0 Å². The van der Waals surface area contributed by atoms with Crippen molar-refractivity contribution in [2.75, 3.05) is 0 Å². The Morgan fingerprint density at radius 1 is 1.19 bits per heavy atom. The molecule has 0 bridgehead atoms. The molecule has 1 atom stereocenters. The SMILES string of the molecule is O=c1[nH]c2cc(Br)c(C(O)c3ccc(F)c(Cl)c3)cc2[nH]1. The Morgan fingerprint density at radius 2 is 1.86 bits per heavy atom. The zero-order valence-corrected chi connectivity index (χ0v) is 12.8. The zero-order valence-electron chi connectivity index (χ0n) is 10.5. The van der Waals surface area contributed by atoms with Gasteiger partial charge in [-0.1, -0.05) is 33.6 Å². The van der Waals surface area contributed by atoms with Gasteiger partial charge >= 0.3 is 5.69 Å². The van der Waals surface area contributed by atoms with Gasteiger partial charge in [-0.2, -0.15) is 0 Å². The van der Waals surface area contributed by atoms with Crippen molar-refractivity contribution in [3.8, 4) is 0 Å². The van der Waals surface area contributed by atoms with E-state index in [1.54, 1.807) is 12.1 Å². The highest BCUT2D eigenvalue weighted by Gasteiger charge is 2.17. The number of aliphatic hydroxyl groups excluding tert-OH is 1. The summed E-state index contributed by atoms with van der Waals surface area (Å²) in [5.41, 5.74) is 1.87. The fourth-order valence-electron chi connectivity index (χ4n) is 2.14. The van der Waals surface area contributed by atoms with Crippen LogP contribution in [0, 0.1) is 5.82 Å². The zero-order chi connectivity index (χ0) is 15.1. The Morgan fingerprint density at radius 3 is 2.52 bits per heavy atom. The Hall–Kier alpha value is -1.63. The van der Waals surface area contributed by atoms with Crippen LogP contribution in [0.1, 0.15) is 17.2 Å². The predicted octanol–water partition coefficient (Wildman–Crippen LogP) is 3.49. The highest BCUT2D eigenvalue weighted by atomic mass is 79.9. The van der Waals surface area contributed by atoms with E-state index < -0.39 is 11.9 Å². The van der Waals surface area contributed by atoms with Gasteiger partial charge in [-0.05, 0) is 29.8 Å². The normalized spacial score (nSPS) is 12.8. The number of rotatable bonds is 2. The molecule has 1 unspecified atom stereocenters. The molecule has 3 aromatic rings. The van der Waals surface area contributed by atoms with Crippen molar-refractivity contribution in [3.05, 3.63) is 67.3 Å². The molecule has 0 spiro atoms. The number of H-pyrrole nitrogens is 2. The van der Waals surface area contributed by atoms with Crippen molar-refractivity contribution >= 4 is 38.6 Å². The maximum Gasteiger partial charge on any atom is 0.323 e. The van der Waals surface area contributed by atoms with Crippen molar-refractivity contribution in [1.82, 2.24) is 9.97 Å². The van der Waals surface area contributed by atoms with Crippen LogP contribution in [0.25, 0.3) is 11.0 Å². The third-order valence-corrected chi connectivity index (χ3v) is 4.16. The summed E-state index contributed by atoms with van der Waals surface area (Å²) in [4.78, 5) is 16.5. The van der Waals surface area contributed by atoms with Gasteiger partial charge in [0.05, 0.1) is 16.1 Å².